The Hall–Kier alpha value is -1.55. The molecule has 1 saturated heterocycles. The van der Waals surface area contributed by atoms with Crippen LogP contribution in [-0.2, 0) is 4.79 Å². The lowest BCUT2D eigenvalue weighted by molar-refractivity contribution is -0.152. The molecule has 1 heterocycles. The first-order valence-corrected chi connectivity index (χ1v) is 6.16. The van der Waals surface area contributed by atoms with Crippen molar-refractivity contribution in [3.05, 3.63) is 29.8 Å². The van der Waals surface area contributed by atoms with Gasteiger partial charge in [0.15, 0.2) is 0 Å². The highest BCUT2D eigenvalue weighted by Crippen LogP contribution is 2.21. The predicted octanol–water partition coefficient (Wildman–Crippen LogP) is 1.36. The maximum absolute atomic E-state index is 11.7. The SMILES string of the molecule is Cc1ccccc1OCCC(=O)N1CC(C)(O)C1. The molecule has 2 rings (SSSR count). The highest BCUT2D eigenvalue weighted by molar-refractivity contribution is 5.77. The fourth-order valence-electron chi connectivity index (χ4n) is 2.08. The topological polar surface area (TPSA) is 49.8 Å². The minimum atomic E-state index is -0.702. The molecule has 4 nitrogen and oxygen atoms in total. The normalized spacial score (nSPS) is 17.2. The first-order chi connectivity index (χ1) is 8.48. The summed E-state index contributed by atoms with van der Waals surface area (Å²) in [5.41, 5.74) is 0.365. The van der Waals surface area contributed by atoms with Gasteiger partial charge in [0.1, 0.15) is 5.75 Å². The molecule has 98 valence electrons. The Balaban J connectivity index is 1.73. The van der Waals surface area contributed by atoms with E-state index in [0.29, 0.717) is 26.1 Å². The summed E-state index contributed by atoms with van der Waals surface area (Å²) in [7, 11) is 0. The monoisotopic (exact) mass is 249 g/mol. The standard InChI is InChI=1S/C14H19NO3/c1-11-5-3-4-6-12(11)18-8-7-13(16)15-9-14(2,17)10-15/h3-6,17H,7-10H2,1-2H3. The number of aliphatic hydroxyl groups is 1. The van der Waals surface area contributed by atoms with E-state index < -0.39 is 5.60 Å². The number of aryl methyl sites for hydroxylation is 1. The van der Waals surface area contributed by atoms with E-state index in [2.05, 4.69) is 0 Å². The molecule has 0 aromatic heterocycles. The Labute approximate surface area is 107 Å². The fraction of sp³-hybridized carbons (Fsp3) is 0.500. The van der Waals surface area contributed by atoms with E-state index in [1.165, 1.54) is 0 Å². The molecule has 1 aliphatic heterocycles. The maximum atomic E-state index is 11.7. The molecule has 0 bridgehead atoms. The minimum absolute atomic E-state index is 0.0371. The molecule has 0 radical (unpaired) electrons. The lowest BCUT2D eigenvalue weighted by Gasteiger charge is -2.44. The third kappa shape index (κ3) is 3.01. The van der Waals surface area contributed by atoms with E-state index in [9.17, 15) is 9.90 Å². The molecule has 1 aromatic carbocycles. The van der Waals surface area contributed by atoms with Crippen LogP contribution in [0.5, 0.6) is 5.75 Å². The van der Waals surface area contributed by atoms with E-state index in [0.717, 1.165) is 11.3 Å². The third-order valence-corrected chi connectivity index (χ3v) is 3.08. The predicted molar refractivity (Wildman–Crippen MR) is 68.5 cm³/mol. The van der Waals surface area contributed by atoms with Gasteiger partial charge in [-0.2, -0.15) is 0 Å². The smallest absolute Gasteiger partial charge is 0.226 e. The van der Waals surface area contributed by atoms with Crippen LogP contribution in [0.2, 0.25) is 0 Å². The summed E-state index contributed by atoms with van der Waals surface area (Å²) in [6.07, 6.45) is 0.352. The number of hydrogen-bond acceptors (Lipinski definition) is 3. The molecule has 4 heteroatoms. The summed E-state index contributed by atoms with van der Waals surface area (Å²) in [6.45, 7) is 4.94. The molecular formula is C14H19NO3. The molecule has 1 aromatic rings. The number of hydrogen-bond donors (Lipinski definition) is 1. The van der Waals surface area contributed by atoms with Crippen molar-refractivity contribution in [1.29, 1.82) is 0 Å². The zero-order valence-corrected chi connectivity index (χ0v) is 10.8. The van der Waals surface area contributed by atoms with Gasteiger partial charge in [-0.25, -0.2) is 0 Å². The Morgan fingerprint density at radius 2 is 2.11 bits per heavy atom. The quantitative estimate of drug-likeness (QED) is 0.876. The van der Waals surface area contributed by atoms with E-state index in [-0.39, 0.29) is 5.91 Å². The first kappa shape index (κ1) is 12.9. The zero-order valence-electron chi connectivity index (χ0n) is 10.8. The Bertz CT molecular complexity index is 434. The molecule has 18 heavy (non-hydrogen) atoms. The summed E-state index contributed by atoms with van der Waals surface area (Å²) in [5.74, 6) is 0.857. The number of para-hydroxylation sites is 1. The fourth-order valence-corrected chi connectivity index (χ4v) is 2.08. The van der Waals surface area contributed by atoms with Gasteiger partial charge < -0.3 is 14.7 Å². The van der Waals surface area contributed by atoms with Crippen LogP contribution < -0.4 is 4.74 Å². The van der Waals surface area contributed by atoms with Crippen molar-refractivity contribution < 1.29 is 14.6 Å². The molecule has 1 aliphatic rings. The van der Waals surface area contributed by atoms with Gasteiger partial charge >= 0.3 is 0 Å². The largest absolute Gasteiger partial charge is 0.493 e. The Morgan fingerprint density at radius 1 is 1.44 bits per heavy atom. The van der Waals surface area contributed by atoms with Crippen LogP contribution in [0.15, 0.2) is 24.3 Å². The number of benzene rings is 1. The van der Waals surface area contributed by atoms with Crippen molar-refractivity contribution >= 4 is 5.91 Å². The lowest BCUT2D eigenvalue weighted by Crippen LogP contribution is -2.61. The Kier molecular flexibility index (Phi) is 3.57. The lowest BCUT2D eigenvalue weighted by atomic mass is 9.97. The van der Waals surface area contributed by atoms with Gasteiger partial charge in [0.25, 0.3) is 0 Å². The van der Waals surface area contributed by atoms with E-state index in [1.807, 2.05) is 31.2 Å². The molecule has 1 amide bonds. The number of carbonyl (C=O) groups excluding carboxylic acids is 1. The molecule has 0 unspecified atom stereocenters. The summed E-state index contributed by atoms with van der Waals surface area (Å²) >= 11 is 0. The van der Waals surface area contributed by atoms with E-state index in [1.54, 1.807) is 11.8 Å². The second-order valence-electron chi connectivity index (χ2n) is 5.11. The highest BCUT2D eigenvalue weighted by Gasteiger charge is 2.38. The number of β-amino-alcohol motifs (C(OH)–C–C–N with tert-alkyl or cyclic N) is 1. The summed E-state index contributed by atoms with van der Waals surface area (Å²) in [4.78, 5) is 13.4. The van der Waals surface area contributed by atoms with Gasteiger partial charge in [-0.3, -0.25) is 4.79 Å². The number of ether oxygens (including phenoxy) is 1. The average molecular weight is 249 g/mol. The van der Waals surface area contributed by atoms with Gasteiger partial charge in [-0.15, -0.1) is 0 Å². The highest BCUT2D eigenvalue weighted by atomic mass is 16.5. The number of rotatable bonds is 4. The zero-order chi connectivity index (χ0) is 13.2. The number of amides is 1. The summed E-state index contributed by atoms with van der Waals surface area (Å²) in [5, 5.41) is 9.55. The van der Waals surface area contributed by atoms with Crippen LogP contribution in [0.4, 0.5) is 0 Å². The van der Waals surface area contributed by atoms with Crippen molar-refractivity contribution in [3.63, 3.8) is 0 Å². The van der Waals surface area contributed by atoms with Crippen LogP contribution in [-0.4, -0.2) is 41.2 Å². The van der Waals surface area contributed by atoms with Crippen LogP contribution >= 0.6 is 0 Å². The molecule has 0 atom stereocenters. The second-order valence-corrected chi connectivity index (χ2v) is 5.11. The molecular weight excluding hydrogens is 230 g/mol. The van der Waals surface area contributed by atoms with Crippen molar-refractivity contribution in [2.45, 2.75) is 25.9 Å². The summed E-state index contributed by atoms with van der Waals surface area (Å²) < 4.78 is 5.57. The van der Waals surface area contributed by atoms with Gasteiger partial charge in [0.2, 0.25) is 5.91 Å². The van der Waals surface area contributed by atoms with Gasteiger partial charge in [-0.05, 0) is 25.5 Å². The van der Waals surface area contributed by atoms with Crippen molar-refractivity contribution in [2.75, 3.05) is 19.7 Å². The Morgan fingerprint density at radius 3 is 2.72 bits per heavy atom. The first-order valence-electron chi connectivity index (χ1n) is 6.16. The van der Waals surface area contributed by atoms with Gasteiger partial charge in [0.05, 0.1) is 31.7 Å². The van der Waals surface area contributed by atoms with Crippen molar-refractivity contribution in [1.82, 2.24) is 4.90 Å². The van der Waals surface area contributed by atoms with Gasteiger partial charge in [0, 0.05) is 0 Å². The molecule has 0 spiro atoms. The molecule has 1 N–H and O–H groups in total. The van der Waals surface area contributed by atoms with Crippen molar-refractivity contribution in [3.8, 4) is 5.75 Å². The van der Waals surface area contributed by atoms with Crippen LogP contribution in [0.3, 0.4) is 0 Å². The van der Waals surface area contributed by atoms with Gasteiger partial charge in [-0.1, -0.05) is 18.2 Å². The van der Waals surface area contributed by atoms with Crippen LogP contribution in [0, 0.1) is 6.92 Å². The van der Waals surface area contributed by atoms with Crippen molar-refractivity contribution in [2.24, 2.45) is 0 Å². The number of carbonyl (C=O) groups is 1. The number of nitrogens with zero attached hydrogens (tertiary/aromatic N) is 1. The van der Waals surface area contributed by atoms with E-state index >= 15 is 0 Å². The number of likely N-dealkylation sites (tertiary alicyclic amines) is 1. The van der Waals surface area contributed by atoms with Crippen LogP contribution in [0.1, 0.15) is 18.9 Å². The average Bonchev–Trinajstić information content (AvgIpc) is 2.28. The molecule has 1 fully saturated rings. The second kappa shape index (κ2) is 4.98. The third-order valence-electron chi connectivity index (χ3n) is 3.08. The summed E-state index contributed by atoms with van der Waals surface area (Å²) in [6, 6.07) is 7.74. The van der Waals surface area contributed by atoms with Crippen LogP contribution in [0.25, 0.3) is 0 Å². The molecule has 0 aliphatic carbocycles. The minimum Gasteiger partial charge on any atom is -0.493 e. The van der Waals surface area contributed by atoms with E-state index in [4.69, 9.17) is 4.74 Å². The maximum Gasteiger partial charge on any atom is 0.226 e. The molecule has 0 saturated carbocycles.